The van der Waals surface area contributed by atoms with Gasteiger partial charge in [0.05, 0.1) is 26.3 Å². The smallest absolute Gasteiger partial charge is 0.251 e. The molecule has 3 rings (SSSR count). The van der Waals surface area contributed by atoms with Crippen molar-refractivity contribution < 1.29 is 28.5 Å². The van der Waals surface area contributed by atoms with Gasteiger partial charge >= 0.3 is 0 Å². The van der Waals surface area contributed by atoms with Gasteiger partial charge < -0.3 is 29.2 Å². The Labute approximate surface area is 182 Å². The highest BCUT2D eigenvalue weighted by atomic mass is 16.6. The van der Waals surface area contributed by atoms with Crippen molar-refractivity contribution in [3.63, 3.8) is 0 Å². The molecule has 1 aliphatic heterocycles. The average Bonchev–Trinajstić information content (AvgIpc) is 2.78. The van der Waals surface area contributed by atoms with Crippen LogP contribution < -0.4 is 24.3 Å². The molecule has 1 heterocycles. The topological polar surface area (TPSA) is 86.3 Å². The summed E-state index contributed by atoms with van der Waals surface area (Å²) in [6.07, 6.45) is -0.278. The molecule has 0 spiro atoms. The van der Waals surface area contributed by atoms with Gasteiger partial charge in [-0.2, -0.15) is 0 Å². The lowest BCUT2D eigenvalue weighted by atomic mass is 10.2. The molecule has 0 aromatic heterocycles. The average molecular weight is 428 g/mol. The van der Waals surface area contributed by atoms with E-state index < -0.39 is 0 Å². The van der Waals surface area contributed by atoms with Crippen molar-refractivity contribution in [3.8, 4) is 23.0 Å². The Morgan fingerprint density at radius 1 is 1.06 bits per heavy atom. The van der Waals surface area contributed by atoms with Gasteiger partial charge in [0.1, 0.15) is 6.61 Å². The van der Waals surface area contributed by atoms with Crippen LogP contribution in [0.4, 0.5) is 0 Å². The number of benzene rings is 2. The van der Waals surface area contributed by atoms with E-state index >= 15 is 0 Å². The first-order valence-corrected chi connectivity index (χ1v) is 10.3. The molecule has 8 heteroatoms. The maximum absolute atomic E-state index is 12.5. The van der Waals surface area contributed by atoms with E-state index in [1.807, 2.05) is 38.1 Å². The minimum Gasteiger partial charge on any atom is -0.490 e. The Morgan fingerprint density at radius 3 is 2.52 bits per heavy atom. The van der Waals surface area contributed by atoms with E-state index in [0.717, 1.165) is 0 Å². The fourth-order valence-electron chi connectivity index (χ4n) is 3.15. The summed E-state index contributed by atoms with van der Waals surface area (Å²) in [5, 5.41) is 2.65. The molecular formula is C23H28N2O6. The van der Waals surface area contributed by atoms with Gasteiger partial charge in [-0.15, -0.1) is 0 Å². The minimum atomic E-state index is -0.364. The van der Waals surface area contributed by atoms with Crippen LogP contribution in [0, 0.1) is 0 Å². The third kappa shape index (κ3) is 5.81. The van der Waals surface area contributed by atoms with Gasteiger partial charge in [0.25, 0.3) is 5.91 Å². The van der Waals surface area contributed by atoms with E-state index in [1.165, 1.54) is 4.90 Å². The number of rotatable bonds is 9. The maximum Gasteiger partial charge on any atom is 0.251 e. The van der Waals surface area contributed by atoms with Gasteiger partial charge in [-0.25, -0.2) is 0 Å². The molecule has 0 saturated carbocycles. The molecule has 0 aliphatic carbocycles. The molecule has 2 aromatic carbocycles. The van der Waals surface area contributed by atoms with Gasteiger partial charge in [-0.05, 0) is 44.2 Å². The van der Waals surface area contributed by atoms with Crippen LogP contribution in [0.3, 0.4) is 0 Å². The van der Waals surface area contributed by atoms with E-state index in [-0.39, 0.29) is 24.5 Å². The van der Waals surface area contributed by atoms with Crippen molar-refractivity contribution in [2.75, 3.05) is 40.0 Å². The Balaban J connectivity index is 1.52. The molecule has 166 valence electrons. The summed E-state index contributed by atoms with van der Waals surface area (Å²) in [5.74, 6) is 1.84. The van der Waals surface area contributed by atoms with Gasteiger partial charge in [-0.1, -0.05) is 12.1 Å². The third-order valence-electron chi connectivity index (χ3n) is 4.68. The zero-order chi connectivity index (χ0) is 22.2. The zero-order valence-corrected chi connectivity index (χ0v) is 18.1. The number of amides is 2. The van der Waals surface area contributed by atoms with Crippen LogP contribution in [-0.4, -0.2) is 62.8 Å². The lowest BCUT2D eigenvalue weighted by molar-refractivity contribution is -0.130. The molecule has 0 unspecified atom stereocenters. The summed E-state index contributed by atoms with van der Waals surface area (Å²) in [6.45, 7) is 5.25. The SMILES string of the molecule is CCOc1ccc(C(=O)NCC(=O)N(C)C[C@@H]2COc3ccccc3O2)cc1OCC. The summed E-state index contributed by atoms with van der Waals surface area (Å²) in [5.41, 5.74) is 0.392. The van der Waals surface area contributed by atoms with Crippen molar-refractivity contribution in [2.45, 2.75) is 20.0 Å². The minimum absolute atomic E-state index is 0.128. The number of hydrogen-bond donors (Lipinski definition) is 1. The van der Waals surface area contributed by atoms with Crippen molar-refractivity contribution in [2.24, 2.45) is 0 Å². The Morgan fingerprint density at radius 2 is 1.77 bits per heavy atom. The first-order chi connectivity index (χ1) is 15.0. The second-order valence-electron chi connectivity index (χ2n) is 6.98. The monoisotopic (exact) mass is 428 g/mol. The summed E-state index contributed by atoms with van der Waals surface area (Å²) in [6, 6.07) is 12.4. The summed E-state index contributed by atoms with van der Waals surface area (Å²) < 4.78 is 22.6. The van der Waals surface area contributed by atoms with E-state index in [2.05, 4.69) is 5.32 Å². The molecule has 0 radical (unpaired) electrons. The predicted octanol–water partition coefficient (Wildman–Crippen LogP) is 2.51. The number of ether oxygens (including phenoxy) is 4. The summed E-state index contributed by atoms with van der Waals surface area (Å²) in [4.78, 5) is 26.5. The highest BCUT2D eigenvalue weighted by molar-refractivity contribution is 5.97. The van der Waals surface area contributed by atoms with Gasteiger partial charge in [0, 0.05) is 12.6 Å². The second-order valence-corrected chi connectivity index (χ2v) is 6.98. The first-order valence-electron chi connectivity index (χ1n) is 10.3. The van der Waals surface area contributed by atoms with Crippen LogP contribution in [0.5, 0.6) is 23.0 Å². The van der Waals surface area contributed by atoms with Crippen LogP contribution in [0.15, 0.2) is 42.5 Å². The maximum atomic E-state index is 12.5. The number of hydrogen-bond acceptors (Lipinski definition) is 6. The molecule has 0 bridgehead atoms. The molecule has 0 saturated heterocycles. The molecule has 1 aliphatic rings. The number of nitrogens with zero attached hydrogens (tertiary/aromatic N) is 1. The zero-order valence-electron chi connectivity index (χ0n) is 18.1. The van der Waals surface area contributed by atoms with E-state index in [1.54, 1.807) is 25.2 Å². The molecule has 2 aromatic rings. The molecule has 1 N–H and O–H groups in total. The van der Waals surface area contributed by atoms with Gasteiger partial charge in [0.2, 0.25) is 5.91 Å². The van der Waals surface area contributed by atoms with Crippen molar-refractivity contribution >= 4 is 11.8 Å². The van der Waals surface area contributed by atoms with Crippen molar-refractivity contribution in [3.05, 3.63) is 48.0 Å². The normalized spacial score (nSPS) is 14.5. The number of fused-ring (bicyclic) bond motifs is 1. The molecule has 0 fully saturated rings. The van der Waals surface area contributed by atoms with Gasteiger partial charge in [-0.3, -0.25) is 9.59 Å². The summed E-state index contributed by atoms with van der Waals surface area (Å²) >= 11 is 0. The Bertz CT molecular complexity index is 917. The highest BCUT2D eigenvalue weighted by Crippen LogP contribution is 2.31. The number of carbonyl (C=O) groups excluding carboxylic acids is 2. The van der Waals surface area contributed by atoms with Crippen molar-refractivity contribution in [1.82, 2.24) is 10.2 Å². The Kier molecular flexibility index (Phi) is 7.59. The number of carbonyl (C=O) groups is 2. The van der Waals surface area contributed by atoms with E-state index in [9.17, 15) is 9.59 Å². The lowest BCUT2D eigenvalue weighted by Crippen LogP contribution is -2.45. The van der Waals surface area contributed by atoms with Crippen LogP contribution >= 0.6 is 0 Å². The largest absolute Gasteiger partial charge is 0.490 e. The quantitative estimate of drug-likeness (QED) is 0.661. The van der Waals surface area contributed by atoms with E-state index in [0.29, 0.717) is 54.9 Å². The number of likely N-dealkylation sites (N-methyl/N-ethyl adjacent to an activating group) is 1. The van der Waals surface area contributed by atoms with Crippen molar-refractivity contribution in [1.29, 1.82) is 0 Å². The molecule has 8 nitrogen and oxygen atoms in total. The third-order valence-corrected chi connectivity index (χ3v) is 4.68. The van der Waals surface area contributed by atoms with Crippen LogP contribution in [-0.2, 0) is 4.79 Å². The fourth-order valence-corrected chi connectivity index (χ4v) is 3.15. The molecule has 1 atom stereocenters. The fraction of sp³-hybridized carbons (Fsp3) is 0.391. The lowest BCUT2D eigenvalue weighted by Gasteiger charge is -2.29. The second kappa shape index (κ2) is 10.6. The number of para-hydroxylation sites is 2. The van der Waals surface area contributed by atoms with Crippen LogP contribution in [0.1, 0.15) is 24.2 Å². The predicted molar refractivity (Wildman–Crippen MR) is 115 cm³/mol. The first kappa shape index (κ1) is 22.3. The molecule has 2 amide bonds. The molecular weight excluding hydrogens is 400 g/mol. The van der Waals surface area contributed by atoms with E-state index in [4.69, 9.17) is 18.9 Å². The Hall–Kier alpha value is -3.42. The molecule has 31 heavy (non-hydrogen) atoms. The standard InChI is InChI=1S/C23H28N2O6/c1-4-28-19-11-10-16(12-21(19)29-5-2)23(27)24-13-22(26)25(3)14-17-15-30-18-8-6-7-9-20(18)31-17/h6-12,17H,4-5,13-15H2,1-3H3,(H,24,27)/t17-/m1/s1. The highest BCUT2D eigenvalue weighted by Gasteiger charge is 2.24. The summed E-state index contributed by atoms with van der Waals surface area (Å²) in [7, 11) is 1.67. The van der Waals surface area contributed by atoms with Gasteiger partial charge in [0.15, 0.2) is 29.1 Å². The van der Waals surface area contributed by atoms with Crippen LogP contribution in [0.25, 0.3) is 0 Å². The number of nitrogens with one attached hydrogen (secondary N) is 1. The van der Waals surface area contributed by atoms with Crippen LogP contribution in [0.2, 0.25) is 0 Å².